The van der Waals surface area contributed by atoms with Gasteiger partial charge < -0.3 is 14.5 Å². The van der Waals surface area contributed by atoms with Crippen LogP contribution in [0.25, 0.3) is 0 Å². The maximum Gasteiger partial charge on any atom is 0.471 e. The van der Waals surface area contributed by atoms with Crippen molar-refractivity contribution >= 4 is 12.0 Å². The third kappa shape index (κ3) is 4.27. The van der Waals surface area contributed by atoms with E-state index in [2.05, 4.69) is 0 Å². The number of halogens is 3. The predicted octanol–water partition coefficient (Wildman–Crippen LogP) is 2.41. The van der Waals surface area contributed by atoms with E-state index in [-0.39, 0.29) is 18.5 Å². The maximum absolute atomic E-state index is 12.6. The van der Waals surface area contributed by atoms with E-state index in [4.69, 9.17) is 4.74 Å². The molecule has 0 aromatic carbocycles. The predicted molar refractivity (Wildman–Crippen MR) is 72.1 cm³/mol. The van der Waals surface area contributed by atoms with E-state index >= 15 is 0 Å². The van der Waals surface area contributed by atoms with E-state index in [1.807, 2.05) is 6.92 Å². The third-order valence-electron chi connectivity index (χ3n) is 3.88. The summed E-state index contributed by atoms with van der Waals surface area (Å²) in [5.74, 6) is -1.87. The molecule has 1 heterocycles. The Morgan fingerprint density at radius 1 is 1.27 bits per heavy atom. The van der Waals surface area contributed by atoms with Gasteiger partial charge in [0.1, 0.15) is 0 Å². The van der Waals surface area contributed by atoms with Crippen LogP contribution in [0, 0.1) is 5.92 Å². The van der Waals surface area contributed by atoms with E-state index in [1.165, 1.54) is 4.90 Å². The number of alkyl halides is 3. The molecule has 2 aliphatic rings. The average molecular weight is 322 g/mol. The quantitative estimate of drug-likeness (QED) is 0.706. The molecule has 126 valence electrons. The number of hydrogen-bond donors (Lipinski definition) is 0. The van der Waals surface area contributed by atoms with Gasteiger partial charge in [-0.2, -0.15) is 13.2 Å². The molecule has 0 spiro atoms. The first-order valence-electron chi connectivity index (χ1n) is 7.62. The maximum atomic E-state index is 12.6. The molecule has 2 amide bonds. The standard InChI is InChI=1S/C14H21F3N2O3/c1-2-3-6-22-13(21)18-7-10(8-18)9-19(11-4-5-11)12(20)14(15,16)17/h10-11H,2-9H2,1H3. The molecule has 8 heteroatoms. The highest BCUT2D eigenvalue weighted by molar-refractivity contribution is 5.82. The minimum Gasteiger partial charge on any atom is -0.449 e. The number of carbonyl (C=O) groups is 2. The molecule has 2 fully saturated rings. The molecule has 1 saturated heterocycles. The Hall–Kier alpha value is -1.47. The molecule has 0 aromatic heterocycles. The molecule has 0 aromatic rings. The molecular weight excluding hydrogens is 301 g/mol. The summed E-state index contributed by atoms with van der Waals surface area (Å²) in [5, 5.41) is 0. The Morgan fingerprint density at radius 2 is 1.91 bits per heavy atom. The van der Waals surface area contributed by atoms with Crippen LogP contribution in [0.5, 0.6) is 0 Å². The molecule has 1 aliphatic carbocycles. The fraction of sp³-hybridized carbons (Fsp3) is 0.857. The van der Waals surface area contributed by atoms with Gasteiger partial charge in [-0.05, 0) is 19.3 Å². The van der Waals surface area contributed by atoms with E-state index in [0.717, 1.165) is 17.7 Å². The lowest BCUT2D eigenvalue weighted by Crippen LogP contribution is -2.56. The van der Waals surface area contributed by atoms with Crippen molar-refractivity contribution in [3.8, 4) is 0 Å². The molecule has 2 rings (SSSR count). The van der Waals surface area contributed by atoms with Gasteiger partial charge in [0.05, 0.1) is 6.61 Å². The molecule has 0 unspecified atom stereocenters. The summed E-state index contributed by atoms with van der Waals surface area (Å²) < 4.78 is 42.7. The van der Waals surface area contributed by atoms with Crippen LogP contribution in [0.4, 0.5) is 18.0 Å². The van der Waals surface area contributed by atoms with Crippen molar-refractivity contribution in [2.45, 2.75) is 44.8 Å². The lowest BCUT2D eigenvalue weighted by molar-refractivity contribution is -0.187. The van der Waals surface area contributed by atoms with Gasteiger partial charge in [0.15, 0.2) is 0 Å². The van der Waals surface area contributed by atoms with Gasteiger partial charge in [-0.25, -0.2) is 4.79 Å². The lowest BCUT2D eigenvalue weighted by Gasteiger charge is -2.41. The van der Waals surface area contributed by atoms with Crippen LogP contribution in [-0.4, -0.2) is 60.3 Å². The Labute approximate surface area is 127 Å². The number of nitrogens with zero attached hydrogens (tertiary/aromatic N) is 2. The number of carbonyl (C=O) groups excluding carboxylic acids is 2. The number of ether oxygens (including phenoxy) is 1. The van der Waals surface area contributed by atoms with Crippen LogP contribution in [-0.2, 0) is 9.53 Å². The molecule has 0 bridgehead atoms. The number of amides is 2. The van der Waals surface area contributed by atoms with Crippen LogP contribution in [0.3, 0.4) is 0 Å². The first-order valence-corrected chi connectivity index (χ1v) is 7.62. The second-order valence-electron chi connectivity index (χ2n) is 5.93. The van der Waals surface area contributed by atoms with Crippen molar-refractivity contribution in [1.29, 1.82) is 0 Å². The van der Waals surface area contributed by atoms with Crippen molar-refractivity contribution in [1.82, 2.24) is 9.80 Å². The first kappa shape index (κ1) is 16.9. The minimum absolute atomic E-state index is 0.0573. The van der Waals surface area contributed by atoms with Gasteiger partial charge >= 0.3 is 18.2 Å². The number of hydrogen-bond acceptors (Lipinski definition) is 3. The molecular formula is C14H21F3N2O3. The number of rotatable bonds is 6. The fourth-order valence-electron chi connectivity index (χ4n) is 2.45. The van der Waals surface area contributed by atoms with E-state index in [0.29, 0.717) is 32.5 Å². The van der Waals surface area contributed by atoms with Crippen molar-refractivity contribution < 1.29 is 27.5 Å². The van der Waals surface area contributed by atoms with Gasteiger partial charge in [-0.15, -0.1) is 0 Å². The molecule has 1 saturated carbocycles. The zero-order valence-corrected chi connectivity index (χ0v) is 12.6. The summed E-state index contributed by atoms with van der Waals surface area (Å²) >= 11 is 0. The summed E-state index contributed by atoms with van der Waals surface area (Å²) in [6.07, 6.45) is -2.30. The SMILES string of the molecule is CCCCOC(=O)N1CC(CN(C(=O)C(F)(F)F)C2CC2)C1. The highest BCUT2D eigenvalue weighted by Crippen LogP contribution is 2.33. The summed E-state index contributed by atoms with van der Waals surface area (Å²) in [5.41, 5.74) is 0. The monoisotopic (exact) mass is 322 g/mol. The Kier molecular flexibility index (Phi) is 5.18. The summed E-state index contributed by atoms with van der Waals surface area (Å²) in [6, 6.07) is -0.292. The second-order valence-corrected chi connectivity index (χ2v) is 5.93. The second kappa shape index (κ2) is 6.75. The van der Waals surface area contributed by atoms with Crippen molar-refractivity contribution in [2.24, 2.45) is 5.92 Å². The normalized spacial score (nSPS) is 18.8. The Bertz CT molecular complexity index is 418. The van der Waals surface area contributed by atoms with Gasteiger partial charge in [-0.3, -0.25) is 4.79 Å². The van der Waals surface area contributed by atoms with E-state index < -0.39 is 18.2 Å². The minimum atomic E-state index is -4.83. The first-order chi connectivity index (χ1) is 10.3. The van der Waals surface area contributed by atoms with Crippen LogP contribution >= 0.6 is 0 Å². The number of unbranched alkanes of at least 4 members (excludes halogenated alkanes) is 1. The summed E-state index contributed by atoms with van der Waals surface area (Å²) in [7, 11) is 0. The van der Waals surface area contributed by atoms with E-state index in [9.17, 15) is 22.8 Å². The molecule has 0 atom stereocenters. The Morgan fingerprint density at radius 3 is 2.41 bits per heavy atom. The molecule has 5 nitrogen and oxygen atoms in total. The van der Waals surface area contributed by atoms with Crippen molar-refractivity contribution in [3.63, 3.8) is 0 Å². The molecule has 0 N–H and O–H groups in total. The number of likely N-dealkylation sites (tertiary alicyclic amines) is 1. The zero-order chi connectivity index (χ0) is 16.3. The van der Waals surface area contributed by atoms with Crippen LogP contribution < -0.4 is 0 Å². The summed E-state index contributed by atoms with van der Waals surface area (Å²) in [4.78, 5) is 25.4. The van der Waals surface area contributed by atoms with Crippen LogP contribution in [0.15, 0.2) is 0 Å². The van der Waals surface area contributed by atoms with Gasteiger partial charge in [0, 0.05) is 31.6 Å². The molecule has 1 aliphatic heterocycles. The van der Waals surface area contributed by atoms with Gasteiger partial charge in [0.2, 0.25) is 0 Å². The smallest absolute Gasteiger partial charge is 0.449 e. The topological polar surface area (TPSA) is 49.9 Å². The highest BCUT2D eigenvalue weighted by atomic mass is 19.4. The summed E-state index contributed by atoms with van der Waals surface area (Å²) in [6.45, 7) is 3.09. The van der Waals surface area contributed by atoms with Crippen molar-refractivity contribution in [2.75, 3.05) is 26.2 Å². The highest BCUT2D eigenvalue weighted by Gasteiger charge is 2.48. The Balaban J connectivity index is 1.75. The molecule has 0 radical (unpaired) electrons. The largest absolute Gasteiger partial charge is 0.471 e. The van der Waals surface area contributed by atoms with Crippen LogP contribution in [0.1, 0.15) is 32.6 Å². The van der Waals surface area contributed by atoms with E-state index in [1.54, 1.807) is 0 Å². The van der Waals surface area contributed by atoms with Gasteiger partial charge in [0.25, 0.3) is 0 Å². The zero-order valence-electron chi connectivity index (χ0n) is 12.6. The van der Waals surface area contributed by atoms with Gasteiger partial charge in [-0.1, -0.05) is 13.3 Å². The van der Waals surface area contributed by atoms with Crippen molar-refractivity contribution in [3.05, 3.63) is 0 Å². The third-order valence-corrected chi connectivity index (χ3v) is 3.88. The average Bonchev–Trinajstić information content (AvgIpc) is 3.20. The lowest BCUT2D eigenvalue weighted by atomic mass is 10.00. The van der Waals surface area contributed by atoms with Crippen LogP contribution in [0.2, 0.25) is 0 Å². The molecule has 22 heavy (non-hydrogen) atoms. The fourth-order valence-corrected chi connectivity index (χ4v) is 2.45.